The topological polar surface area (TPSA) is 114 Å². The van der Waals surface area contributed by atoms with Gasteiger partial charge in [-0.1, -0.05) is 54.6 Å². The van der Waals surface area contributed by atoms with Crippen LogP contribution in [0.1, 0.15) is 55.0 Å². The Bertz CT molecular complexity index is 1140. The van der Waals surface area contributed by atoms with Gasteiger partial charge in [0.25, 0.3) is 11.8 Å². The van der Waals surface area contributed by atoms with Crippen molar-refractivity contribution in [2.45, 2.75) is 50.5 Å². The summed E-state index contributed by atoms with van der Waals surface area (Å²) in [5.74, 6) is -0.555. The van der Waals surface area contributed by atoms with Crippen LogP contribution in [0.25, 0.3) is 5.57 Å². The van der Waals surface area contributed by atoms with Crippen molar-refractivity contribution >= 4 is 29.1 Å². The van der Waals surface area contributed by atoms with E-state index in [-0.39, 0.29) is 6.04 Å². The quantitative estimate of drug-likeness (QED) is 0.548. The molecule has 35 heavy (non-hydrogen) atoms. The Morgan fingerprint density at radius 1 is 1.11 bits per heavy atom. The molecule has 8 heteroatoms. The van der Waals surface area contributed by atoms with Crippen LogP contribution < -0.4 is 5.32 Å². The summed E-state index contributed by atoms with van der Waals surface area (Å²) in [6.45, 7) is 2.24. The van der Waals surface area contributed by atoms with E-state index in [1.807, 2.05) is 54.6 Å². The molecule has 2 aromatic rings. The number of carbonyl (C=O) groups excluding carboxylic acids is 2. The van der Waals surface area contributed by atoms with E-state index in [0.29, 0.717) is 6.54 Å². The summed E-state index contributed by atoms with van der Waals surface area (Å²) in [6.07, 6.45) is -1.31. The molecule has 2 aromatic carbocycles. The summed E-state index contributed by atoms with van der Waals surface area (Å²) >= 11 is 1.56. The SMILES string of the molecule is C[C@@H](NC(=O)[C@H](O)[C@@H](O)C(=O)N1CCCC1c1ccccc1)c1ccc(C2=C(C#N)SCC2)cc1. The number of nitriles is 1. The first-order valence-electron chi connectivity index (χ1n) is 11.8. The second-order valence-electron chi connectivity index (χ2n) is 8.86. The minimum absolute atomic E-state index is 0.180. The van der Waals surface area contributed by atoms with E-state index >= 15 is 0 Å². The smallest absolute Gasteiger partial charge is 0.255 e. The molecular weight excluding hydrogens is 462 g/mol. The van der Waals surface area contributed by atoms with E-state index in [4.69, 9.17) is 0 Å². The van der Waals surface area contributed by atoms with Gasteiger partial charge in [0.2, 0.25) is 0 Å². The van der Waals surface area contributed by atoms with Crippen molar-refractivity contribution in [3.63, 3.8) is 0 Å². The number of allylic oxidation sites excluding steroid dienone is 2. The van der Waals surface area contributed by atoms with E-state index in [2.05, 4.69) is 11.4 Å². The Morgan fingerprint density at radius 3 is 2.51 bits per heavy atom. The molecule has 0 bridgehead atoms. The fourth-order valence-corrected chi connectivity index (χ4v) is 5.66. The van der Waals surface area contributed by atoms with Crippen molar-refractivity contribution in [2.75, 3.05) is 12.3 Å². The van der Waals surface area contributed by atoms with Crippen molar-refractivity contribution in [1.82, 2.24) is 10.2 Å². The summed E-state index contributed by atoms with van der Waals surface area (Å²) in [7, 11) is 0. The molecule has 1 fully saturated rings. The van der Waals surface area contributed by atoms with Crippen molar-refractivity contribution in [3.8, 4) is 6.07 Å². The zero-order chi connectivity index (χ0) is 24.9. The molecule has 4 atom stereocenters. The highest BCUT2D eigenvalue weighted by atomic mass is 32.2. The predicted octanol–water partition coefficient (Wildman–Crippen LogP) is 3.32. The average molecular weight is 492 g/mol. The van der Waals surface area contributed by atoms with Crippen molar-refractivity contribution in [1.29, 1.82) is 5.26 Å². The standard InChI is InChI=1S/C27H29N3O4S/c1-17(18-9-11-19(12-10-18)21-13-15-35-23(21)16-28)29-26(33)24(31)25(32)27(34)30-14-5-8-22(30)20-6-3-2-4-7-20/h2-4,6-7,9-12,17,22,24-25,31-32H,5,8,13-15H2,1H3,(H,29,33)/t17-,22?,24-,25-/m1/s1. The summed E-state index contributed by atoms with van der Waals surface area (Å²) < 4.78 is 0. The maximum absolute atomic E-state index is 13.0. The molecule has 182 valence electrons. The maximum Gasteiger partial charge on any atom is 0.255 e. The number of nitrogens with zero attached hydrogens (tertiary/aromatic N) is 2. The van der Waals surface area contributed by atoms with Crippen molar-refractivity contribution < 1.29 is 19.8 Å². The molecule has 2 heterocycles. The van der Waals surface area contributed by atoms with Gasteiger partial charge >= 0.3 is 0 Å². The van der Waals surface area contributed by atoms with Gasteiger partial charge < -0.3 is 20.4 Å². The van der Waals surface area contributed by atoms with Crippen LogP contribution in [-0.2, 0) is 9.59 Å². The molecule has 4 rings (SSSR count). The molecular formula is C27H29N3O4S. The lowest BCUT2D eigenvalue weighted by atomic mass is 9.99. The number of carbonyl (C=O) groups is 2. The normalized spacial score (nSPS) is 20.3. The number of thioether (sulfide) groups is 1. The maximum atomic E-state index is 13.0. The number of benzene rings is 2. The van der Waals surface area contributed by atoms with E-state index in [9.17, 15) is 25.1 Å². The summed E-state index contributed by atoms with van der Waals surface area (Å²) in [4.78, 5) is 27.9. The molecule has 2 amide bonds. The fraction of sp³-hybridized carbons (Fsp3) is 0.370. The predicted molar refractivity (Wildman–Crippen MR) is 135 cm³/mol. The van der Waals surface area contributed by atoms with Crippen molar-refractivity contribution in [3.05, 3.63) is 76.2 Å². The molecule has 0 spiro atoms. The van der Waals surface area contributed by atoms with Gasteiger partial charge in [0, 0.05) is 12.3 Å². The third-order valence-electron chi connectivity index (χ3n) is 6.63. The van der Waals surface area contributed by atoms with Crippen molar-refractivity contribution in [2.24, 2.45) is 0 Å². The molecule has 7 nitrogen and oxygen atoms in total. The molecule has 0 aliphatic carbocycles. The summed E-state index contributed by atoms with van der Waals surface area (Å²) in [5, 5.41) is 33.0. The Balaban J connectivity index is 1.37. The second kappa shape index (κ2) is 11.1. The highest BCUT2D eigenvalue weighted by Gasteiger charge is 2.38. The lowest BCUT2D eigenvalue weighted by molar-refractivity contribution is -0.154. The van der Waals surface area contributed by atoms with Crippen LogP contribution >= 0.6 is 11.8 Å². The first-order valence-corrected chi connectivity index (χ1v) is 12.8. The van der Waals surface area contributed by atoms with Gasteiger partial charge in [-0.2, -0.15) is 5.26 Å². The van der Waals surface area contributed by atoms with Crippen LogP contribution in [0.4, 0.5) is 0 Å². The summed E-state index contributed by atoms with van der Waals surface area (Å²) in [5.41, 5.74) is 3.79. The van der Waals surface area contributed by atoms with E-state index < -0.39 is 30.1 Å². The Kier molecular flexibility index (Phi) is 7.91. The minimum Gasteiger partial charge on any atom is -0.380 e. The van der Waals surface area contributed by atoms with Gasteiger partial charge in [0.1, 0.15) is 6.07 Å². The van der Waals surface area contributed by atoms with E-state index in [0.717, 1.165) is 52.2 Å². The third-order valence-corrected chi connectivity index (χ3v) is 7.67. The number of aliphatic hydroxyl groups is 2. The molecule has 0 saturated carbocycles. The largest absolute Gasteiger partial charge is 0.380 e. The first-order chi connectivity index (χ1) is 16.9. The lowest BCUT2D eigenvalue weighted by Gasteiger charge is -2.29. The highest BCUT2D eigenvalue weighted by molar-refractivity contribution is 8.03. The zero-order valence-corrected chi connectivity index (χ0v) is 20.4. The monoisotopic (exact) mass is 491 g/mol. The van der Waals surface area contributed by atoms with Crippen LogP contribution in [0.5, 0.6) is 0 Å². The number of hydrogen-bond donors (Lipinski definition) is 3. The first kappa shape index (κ1) is 25.0. The third kappa shape index (κ3) is 5.43. The lowest BCUT2D eigenvalue weighted by Crippen LogP contribution is -2.50. The van der Waals surface area contributed by atoms with Gasteiger partial charge in [-0.3, -0.25) is 9.59 Å². The van der Waals surface area contributed by atoms with E-state index in [1.165, 1.54) is 0 Å². The van der Waals surface area contributed by atoms with Gasteiger partial charge in [-0.25, -0.2) is 0 Å². The number of nitrogens with one attached hydrogen (secondary N) is 1. The molecule has 3 N–H and O–H groups in total. The molecule has 2 aliphatic heterocycles. The molecule has 0 radical (unpaired) electrons. The van der Waals surface area contributed by atoms with Gasteiger partial charge in [0.05, 0.1) is 17.0 Å². The number of likely N-dealkylation sites (tertiary alicyclic amines) is 1. The minimum atomic E-state index is -1.87. The van der Waals surface area contributed by atoms with Crippen LogP contribution in [-0.4, -0.2) is 51.4 Å². The average Bonchev–Trinajstić information content (AvgIpc) is 3.58. The van der Waals surface area contributed by atoms with Gasteiger partial charge in [0.15, 0.2) is 12.2 Å². The number of amides is 2. The number of hydrogen-bond acceptors (Lipinski definition) is 6. The van der Waals surface area contributed by atoms with Crippen LogP contribution in [0.3, 0.4) is 0 Å². The number of aliphatic hydroxyl groups excluding tert-OH is 2. The van der Waals surface area contributed by atoms with Crippen LogP contribution in [0, 0.1) is 11.3 Å². The summed E-state index contributed by atoms with van der Waals surface area (Å²) in [6, 6.07) is 18.8. The van der Waals surface area contributed by atoms with Crippen LogP contribution in [0.15, 0.2) is 59.5 Å². The van der Waals surface area contributed by atoms with Gasteiger partial charge in [-0.15, -0.1) is 11.8 Å². The molecule has 0 aromatic heterocycles. The Morgan fingerprint density at radius 2 is 1.83 bits per heavy atom. The van der Waals surface area contributed by atoms with E-state index in [1.54, 1.807) is 23.6 Å². The highest BCUT2D eigenvalue weighted by Crippen LogP contribution is 2.37. The molecule has 2 aliphatic rings. The molecule has 1 unspecified atom stereocenters. The van der Waals surface area contributed by atoms with Gasteiger partial charge in [-0.05, 0) is 48.4 Å². The second-order valence-corrected chi connectivity index (χ2v) is 9.97. The molecule has 1 saturated heterocycles. The Hall–Kier alpha value is -3.12. The Labute approximate surface area is 209 Å². The van der Waals surface area contributed by atoms with Crippen LogP contribution in [0.2, 0.25) is 0 Å². The zero-order valence-electron chi connectivity index (χ0n) is 19.6. The fourth-order valence-electron chi connectivity index (χ4n) is 4.69. The number of rotatable bonds is 7.